The van der Waals surface area contributed by atoms with E-state index in [9.17, 15) is 0 Å². The topological polar surface area (TPSA) is 11.4 Å². The van der Waals surface area contributed by atoms with Crippen molar-refractivity contribution in [3.63, 3.8) is 0 Å². The highest BCUT2D eigenvalue weighted by Gasteiger charge is 2.55. The second-order valence-electron chi connectivity index (χ2n) is 31.7. The summed E-state index contributed by atoms with van der Waals surface area (Å²) in [5.41, 5.74) is 31.2. The first-order chi connectivity index (χ1) is 41.1. The molecule has 6 aliphatic rings. The molecule has 0 saturated heterocycles. The highest BCUT2D eigenvalue weighted by Crippen LogP contribution is 2.62. The molecule has 87 heavy (non-hydrogen) atoms. The van der Waals surface area contributed by atoms with E-state index in [0.717, 1.165) is 0 Å². The maximum Gasteiger partial charge on any atom is 0.247 e. The Morgan fingerprint density at radius 3 is 1.63 bits per heavy atom. The van der Waals surface area contributed by atoms with Gasteiger partial charge in [0.2, 0.25) is 6.71 Å². The van der Waals surface area contributed by atoms with E-state index in [1.165, 1.54) is 150 Å². The van der Waals surface area contributed by atoms with Crippen molar-refractivity contribution in [2.75, 3.05) is 9.80 Å². The summed E-state index contributed by atoms with van der Waals surface area (Å²) < 4.78 is 2.73. The zero-order chi connectivity index (χ0) is 61.0. The molecule has 9 aromatic carbocycles. The molecule has 434 valence electrons. The standard InChI is InChI=1S/C83H84BN3/c1-49-64(82(14,15)16)39-42-70-74(49)84-66-47-59(81(11,12)13)36-41-69(66)85(60-37-33-56(34-38-60)79(5,6)7)72-48-71-73-77(75(72)84)87(70)68-40-35-58(80(8,9)10)46-65(68)83(73,17)57-31-27-51(28-32-57)53-43-52(50-25-29-55(30-26-50)78(2,3)4)44-54(45-53)61-22-20-23-63-62-21-18-19-24-67(62)86(71)76(61)63/h18-49,64H,1-17H3. The van der Waals surface area contributed by atoms with Gasteiger partial charge in [-0.3, -0.25) is 0 Å². The molecule has 10 aromatic rings. The first-order valence-corrected chi connectivity index (χ1v) is 32.1. The quantitative estimate of drug-likeness (QED) is 0.160. The van der Waals surface area contributed by atoms with Crippen LogP contribution in [0.4, 0.5) is 28.4 Å². The van der Waals surface area contributed by atoms with Gasteiger partial charge in [-0.2, -0.15) is 0 Å². The third-order valence-corrected chi connectivity index (χ3v) is 21.0. The number of allylic oxidation sites excluding steroid dienone is 3. The molecule has 16 rings (SSSR count). The molecule has 0 radical (unpaired) electrons. The maximum absolute atomic E-state index is 2.79. The Hall–Kier alpha value is -8.08. The summed E-state index contributed by atoms with van der Waals surface area (Å²) in [6.07, 6.45) is 5.15. The fraction of sp³-hybridized carbons (Fsp3) is 0.301. The summed E-state index contributed by atoms with van der Waals surface area (Å²) in [7, 11) is 0. The molecule has 4 bridgehead atoms. The summed E-state index contributed by atoms with van der Waals surface area (Å²) in [5, 5.41) is 2.49. The van der Waals surface area contributed by atoms with Gasteiger partial charge in [-0.1, -0.05) is 244 Å². The number of hydrogen-bond donors (Lipinski definition) is 0. The van der Waals surface area contributed by atoms with E-state index in [0.29, 0.717) is 5.92 Å². The number of hydrogen-bond acceptors (Lipinski definition) is 2. The zero-order valence-electron chi connectivity index (χ0n) is 54.5. The van der Waals surface area contributed by atoms with Crippen molar-refractivity contribution in [2.45, 2.75) is 145 Å². The van der Waals surface area contributed by atoms with E-state index in [1.54, 1.807) is 0 Å². The van der Waals surface area contributed by atoms with Crippen LogP contribution in [0.2, 0.25) is 0 Å². The van der Waals surface area contributed by atoms with Gasteiger partial charge < -0.3 is 14.4 Å². The fourth-order valence-corrected chi connectivity index (χ4v) is 16.2. The monoisotopic (exact) mass is 1130 g/mol. The molecule has 0 fully saturated rings. The Balaban J connectivity index is 1.16. The molecule has 0 N–H and O–H groups in total. The third-order valence-electron chi connectivity index (χ3n) is 21.0. The van der Waals surface area contributed by atoms with E-state index in [-0.39, 0.29) is 39.7 Å². The number of benzene rings is 9. The summed E-state index contributed by atoms with van der Waals surface area (Å²) >= 11 is 0. The Kier molecular flexibility index (Phi) is 11.8. The van der Waals surface area contributed by atoms with Crippen molar-refractivity contribution < 1.29 is 0 Å². The van der Waals surface area contributed by atoms with Crippen LogP contribution in [0.1, 0.15) is 157 Å². The Labute approximate surface area is 518 Å². The Morgan fingerprint density at radius 1 is 0.460 bits per heavy atom. The minimum atomic E-state index is -0.669. The van der Waals surface area contributed by atoms with Gasteiger partial charge in [0.25, 0.3) is 0 Å². The van der Waals surface area contributed by atoms with Gasteiger partial charge in [0.15, 0.2) is 0 Å². The van der Waals surface area contributed by atoms with Crippen LogP contribution in [-0.4, -0.2) is 11.3 Å². The van der Waals surface area contributed by atoms with E-state index in [1.807, 2.05) is 0 Å². The summed E-state index contributed by atoms with van der Waals surface area (Å²) in [6.45, 7) is 40.7. The van der Waals surface area contributed by atoms with Crippen molar-refractivity contribution in [1.82, 2.24) is 4.57 Å². The van der Waals surface area contributed by atoms with Gasteiger partial charge in [0.05, 0.1) is 28.1 Å². The molecule has 0 saturated carbocycles. The van der Waals surface area contributed by atoms with Gasteiger partial charge >= 0.3 is 0 Å². The molecule has 4 heteroatoms. The van der Waals surface area contributed by atoms with E-state index >= 15 is 0 Å². The van der Waals surface area contributed by atoms with Gasteiger partial charge in [0.1, 0.15) is 0 Å². The number of para-hydroxylation sites is 2. The van der Waals surface area contributed by atoms with E-state index in [4.69, 9.17) is 0 Å². The lowest BCUT2D eigenvalue weighted by Crippen LogP contribution is -2.60. The Morgan fingerprint density at radius 2 is 1.01 bits per heavy atom. The average Bonchev–Trinajstić information content (AvgIpc) is 1.23. The largest absolute Gasteiger partial charge is 0.311 e. The normalized spacial score (nSPS) is 18.5. The van der Waals surface area contributed by atoms with Crippen molar-refractivity contribution in [1.29, 1.82) is 0 Å². The number of anilines is 5. The summed E-state index contributed by atoms with van der Waals surface area (Å²) in [4.78, 5) is 5.46. The molecule has 5 aliphatic heterocycles. The number of nitrogens with zero attached hydrogens (tertiary/aromatic N) is 3. The maximum atomic E-state index is 2.79. The molecule has 3 atom stereocenters. The molecule has 3 unspecified atom stereocenters. The lowest BCUT2D eigenvalue weighted by atomic mass is 9.29. The van der Waals surface area contributed by atoms with Gasteiger partial charge in [-0.25, -0.2) is 0 Å². The predicted molar refractivity (Wildman–Crippen MR) is 374 cm³/mol. The molecular weight excluding hydrogens is 1050 g/mol. The smallest absolute Gasteiger partial charge is 0.247 e. The lowest BCUT2D eigenvalue weighted by Gasteiger charge is -2.54. The minimum Gasteiger partial charge on any atom is -0.311 e. The lowest BCUT2D eigenvalue weighted by molar-refractivity contribution is 0.240. The van der Waals surface area contributed by atoms with Crippen LogP contribution in [0.15, 0.2) is 199 Å². The molecule has 0 spiro atoms. The first kappa shape index (κ1) is 55.5. The van der Waals surface area contributed by atoms with Gasteiger partial charge in [-0.05, 0) is 179 Å². The molecule has 0 amide bonds. The van der Waals surface area contributed by atoms with Crippen molar-refractivity contribution in [3.05, 3.63) is 238 Å². The van der Waals surface area contributed by atoms with Crippen molar-refractivity contribution in [2.24, 2.45) is 17.3 Å². The van der Waals surface area contributed by atoms with Crippen molar-refractivity contribution >= 4 is 67.9 Å². The van der Waals surface area contributed by atoms with Crippen LogP contribution < -0.4 is 20.7 Å². The number of rotatable bonds is 2. The van der Waals surface area contributed by atoms with Gasteiger partial charge in [0, 0.05) is 50.1 Å². The van der Waals surface area contributed by atoms with Crippen molar-refractivity contribution in [3.8, 4) is 39.1 Å². The second kappa shape index (κ2) is 18.5. The van der Waals surface area contributed by atoms with Crippen LogP contribution >= 0.6 is 0 Å². The van der Waals surface area contributed by atoms with Gasteiger partial charge in [-0.15, -0.1) is 0 Å². The number of fused-ring (bicyclic) bond motifs is 10. The summed E-state index contributed by atoms with van der Waals surface area (Å²) in [5.74, 6) is 0.555. The molecular formula is C83H84BN3. The zero-order valence-corrected chi connectivity index (χ0v) is 54.5. The minimum absolute atomic E-state index is 0.0105. The third kappa shape index (κ3) is 8.21. The Bertz CT molecular complexity index is 4600. The molecule has 6 heterocycles. The van der Waals surface area contributed by atoms with Crippen LogP contribution in [0.25, 0.3) is 60.9 Å². The van der Waals surface area contributed by atoms with Crippen LogP contribution in [0, 0.1) is 17.3 Å². The SMILES string of the molecule is CC1C2=C(C=CC1C(C)(C)C)N1c3ccc(C(C)(C)C)cc3C3(C)c4ccc(cc4)-c4cc(-c5ccc(C(C)(C)C)cc5)cc(c4)-c4cccc5c6ccccc6n(c45)-c4cc5c(c1c43)B2c1cc(C(C)(C)C)ccc1N5c1ccc(C(C)(C)C)cc1. The molecule has 1 aliphatic carbocycles. The van der Waals surface area contributed by atoms with E-state index < -0.39 is 5.41 Å². The average molecular weight is 1130 g/mol. The number of aromatic nitrogens is 1. The van der Waals surface area contributed by atoms with Crippen LogP contribution in [0.3, 0.4) is 0 Å². The van der Waals surface area contributed by atoms with E-state index in [2.05, 4.69) is 320 Å². The highest BCUT2D eigenvalue weighted by molar-refractivity contribution is 6.95. The molecule has 1 aromatic heterocycles. The predicted octanol–water partition coefficient (Wildman–Crippen LogP) is 21.2. The fourth-order valence-electron chi connectivity index (χ4n) is 16.2. The molecule has 3 nitrogen and oxygen atoms in total. The second-order valence-corrected chi connectivity index (χ2v) is 31.7. The highest BCUT2D eigenvalue weighted by atomic mass is 15.2. The van der Waals surface area contributed by atoms with Crippen LogP contribution in [0.5, 0.6) is 0 Å². The first-order valence-electron chi connectivity index (χ1n) is 32.1. The summed E-state index contributed by atoms with van der Waals surface area (Å²) in [6, 6.07) is 70.2. The van der Waals surface area contributed by atoms with Crippen LogP contribution in [-0.2, 0) is 27.1 Å².